The van der Waals surface area contributed by atoms with Crippen molar-refractivity contribution in [3.8, 4) is 0 Å². The quantitative estimate of drug-likeness (QED) is 0.734. The molecule has 0 fully saturated rings. The first-order valence-corrected chi connectivity index (χ1v) is 5.34. The Labute approximate surface area is 104 Å². The summed E-state index contributed by atoms with van der Waals surface area (Å²) in [5.74, 6) is -0.0224. The van der Waals surface area contributed by atoms with E-state index in [1.165, 1.54) is 0 Å². The number of nitrogens with one attached hydrogen (secondary N) is 1. The molecule has 1 aromatic carbocycles. The van der Waals surface area contributed by atoms with Crippen LogP contribution in [0, 0.1) is 6.92 Å². The molecule has 92 valence electrons. The Morgan fingerprint density at radius 3 is 2.44 bits per heavy atom. The predicted molar refractivity (Wildman–Crippen MR) is 70.0 cm³/mol. The molecule has 0 saturated carbocycles. The number of carbonyl (C=O) groups excluding carboxylic acids is 1. The highest BCUT2D eigenvalue weighted by molar-refractivity contribution is 6.05. The van der Waals surface area contributed by atoms with Crippen LogP contribution in [0.2, 0.25) is 0 Å². The fraction of sp³-hybridized carbons (Fsp3) is 0.0833. The number of hydrogen-bond acceptors (Lipinski definition) is 5. The van der Waals surface area contributed by atoms with Crippen LogP contribution in [-0.4, -0.2) is 15.9 Å². The minimum absolute atomic E-state index is 0.0858. The Hall–Kier alpha value is -2.63. The zero-order valence-corrected chi connectivity index (χ0v) is 9.84. The molecule has 0 spiro atoms. The summed E-state index contributed by atoms with van der Waals surface area (Å²) in [5, 5.41) is 2.68. The molecule has 1 heterocycles. The van der Waals surface area contributed by atoms with Crippen LogP contribution >= 0.6 is 0 Å². The van der Waals surface area contributed by atoms with Crippen LogP contribution < -0.4 is 16.8 Å². The smallest absolute Gasteiger partial charge is 0.255 e. The Morgan fingerprint density at radius 2 is 1.83 bits per heavy atom. The Bertz CT molecular complexity index is 559. The van der Waals surface area contributed by atoms with E-state index in [0.717, 1.165) is 0 Å². The molecule has 0 atom stereocenters. The minimum atomic E-state index is -0.265. The highest BCUT2D eigenvalue weighted by Gasteiger charge is 2.12. The van der Waals surface area contributed by atoms with E-state index in [9.17, 15) is 4.79 Å². The van der Waals surface area contributed by atoms with Gasteiger partial charge in [0.15, 0.2) is 5.82 Å². The molecule has 1 aromatic heterocycles. The third-order valence-corrected chi connectivity index (χ3v) is 2.41. The van der Waals surface area contributed by atoms with Crippen LogP contribution in [0.25, 0.3) is 0 Å². The van der Waals surface area contributed by atoms with Crippen molar-refractivity contribution < 1.29 is 4.79 Å². The molecular weight excluding hydrogens is 230 g/mol. The van der Waals surface area contributed by atoms with E-state index in [4.69, 9.17) is 11.5 Å². The van der Waals surface area contributed by atoms with Crippen molar-refractivity contribution in [3.05, 3.63) is 41.6 Å². The standard InChI is InChI=1S/C12H13N5O/c1-7-9(10(13)17-12(14)15-7)16-11(18)8-5-3-2-4-6-8/h2-6H,1H3,(H,16,18)(H4,13,14,15,17). The number of nitrogens with two attached hydrogens (primary N) is 2. The number of carbonyl (C=O) groups is 1. The van der Waals surface area contributed by atoms with Gasteiger partial charge in [-0.2, -0.15) is 4.98 Å². The average molecular weight is 243 g/mol. The van der Waals surface area contributed by atoms with E-state index >= 15 is 0 Å². The van der Waals surface area contributed by atoms with Crippen molar-refractivity contribution in [2.45, 2.75) is 6.92 Å². The number of hydrogen-bond donors (Lipinski definition) is 3. The maximum absolute atomic E-state index is 11.9. The highest BCUT2D eigenvalue weighted by Crippen LogP contribution is 2.20. The van der Waals surface area contributed by atoms with E-state index in [1.807, 2.05) is 6.07 Å². The molecule has 2 rings (SSSR count). The van der Waals surface area contributed by atoms with E-state index < -0.39 is 0 Å². The summed E-state index contributed by atoms with van der Waals surface area (Å²) >= 11 is 0. The topological polar surface area (TPSA) is 107 Å². The molecule has 0 radical (unpaired) electrons. The average Bonchev–Trinajstić information content (AvgIpc) is 2.34. The summed E-state index contributed by atoms with van der Waals surface area (Å²) in [5.41, 5.74) is 12.6. The second kappa shape index (κ2) is 4.70. The van der Waals surface area contributed by atoms with Crippen molar-refractivity contribution >= 4 is 23.4 Å². The van der Waals surface area contributed by atoms with E-state index in [-0.39, 0.29) is 17.7 Å². The van der Waals surface area contributed by atoms with Crippen LogP contribution in [0.5, 0.6) is 0 Å². The second-order valence-corrected chi connectivity index (χ2v) is 3.75. The molecule has 0 aliphatic heterocycles. The third-order valence-electron chi connectivity index (χ3n) is 2.41. The first kappa shape index (κ1) is 11.8. The van der Waals surface area contributed by atoms with Crippen LogP contribution in [0.15, 0.2) is 30.3 Å². The third kappa shape index (κ3) is 2.37. The zero-order chi connectivity index (χ0) is 13.1. The maximum Gasteiger partial charge on any atom is 0.255 e. The zero-order valence-electron chi connectivity index (χ0n) is 9.84. The lowest BCUT2D eigenvalue weighted by molar-refractivity contribution is 0.102. The van der Waals surface area contributed by atoms with Gasteiger partial charge < -0.3 is 16.8 Å². The normalized spacial score (nSPS) is 10.1. The molecule has 5 N–H and O–H groups in total. The van der Waals surface area contributed by atoms with Gasteiger partial charge in [-0.05, 0) is 19.1 Å². The molecular formula is C12H13N5O. The van der Waals surface area contributed by atoms with Crippen molar-refractivity contribution in [3.63, 3.8) is 0 Å². The molecule has 6 nitrogen and oxygen atoms in total. The van der Waals surface area contributed by atoms with Gasteiger partial charge in [0.05, 0.1) is 5.69 Å². The molecule has 0 aliphatic rings. The van der Waals surface area contributed by atoms with E-state index in [2.05, 4.69) is 15.3 Å². The maximum atomic E-state index is 11.9. The fourth-order valence-electron chi connectivity index (χ4n) is 1.55. The number of amides is 1. The number of anilines is 3. The second-order valence-electron chi connectivity index (χ2n) is 3.75. The first-order valence-electron chi connectivity index (χ1n) is 5.34. The number of aryl methyl sites for hydroxylation is 1. The van der Waals surface area contributed by atoms with Gasteiger partial charge in [0, 0.05) is 5.56 Å². The van der Waals surface area contributed by atoms with Crippen LogP contribution in [0.1, 0.15) is 16.1 Å². The fourth-order valence-corrected chi connectivity index (χ4v) is 1.55. The van der Waals surface area contributed by atoms with Crippen molar-refractivity contribution in [2.24, 2.45) is 0 Å². The molecule has 0 saturated heterocycles. The summed E-state index contributed by atoms with van der Waals surface area (Å²) in [6.45, 7) is 1.70. The van der Waals surface area contributed by atoms with Crippen LogP contribution in [0.3, 0.4) is 0 Å². The van der Waals surface area contributed by atoms with Crippen molar-refractivity contribution in [1.29, 1.82) is 0 Å². The monoisotopic (exact) mass is 243 g/mol. The number of nitrogen functional groups attached to an aromatic ring is 2. The van der Waals surface area contributed by atoms with Crippen LogP contribution in [-0.2, 0) is 0 Å². The first-order chi connectivity index (χ1) is 8.58. The summed E-state index contributed by atoms with van der Waals surface area (Å²) in [4.78, 5) is 19.7. The summed E-state index contributed by atoms with van der Waals surface area (Å²) in [6, 6.07) is 8.82. The summed E-state index contributed by atoms with van der Waals surface area (Å²) < 4.78 is 0. The molecule has 0 bridgehead atoms. The SMILES string of the molecule is Cc1nc(N)nc(N)c1NC(=O)c1ccccc1. The number of benzene rings is 1. The number of nitrogens with zero attached hydrogens (tertiary/aromatic N) is 2. The van der Waals surface area contributed by atoms with E-state index in [0.29, 0.717) is 16.9 Å². The minimum Gasteiger partial charge on any atom is -0.382 e. The lowest BCUT2D eigenvalue weighted by atomic mass is 10.2. The lowest BCUT2D eigenvalue weighted by Crippen LogP contribution is -2.16. The molecule has 18 heavy (non-hydrogen) atoms. The molecule has 1 amide bonds. The van der Waals surface area contributed by atoms with Gasteiger partial charge in [0.1, 0.15) is 5.69 Å². The number of aromatic nitrogens is 2. The molecule has 2 aromatic rings. The molecule has 0 unspecified atom stereocenters. The Balaban J connectivity index is 2.28. The predicted octanol–water partition coefficient (Wildman–Crippen LogP) is 1.20. The van der Waals surface area contributed by atoms with E-state index in [1.54, 1.807) is 31.2 Å². The molecule has 0 aliphatic carbocycles. The highest BCUT2D eigenvalue weighted by atomic mass is 16.1. The van der Waals surface area contributed by atoms with Crippen molar-refractivity contribution in [2.75, 3.05) is 16.8 Å². The van der Waals surface area contributed by atoms with Gasteiger partial charge in [-0.15, -0.1) is 0 Å². The van der Waals surface area contributed by atoms with Gasteiger partial charge >= 0.3 is 0 Å². The van der Waals surface area contributed by atoms with Gasteiger partial charge in [0.25, 0.3) is 5.91 Å². The summed E-state index contributed by atoms with van der Waals surface area (Å²) in [7, 11) is 0. The largest absolute Gasteiger partial charge is 0.382 e. The summed E-state index contributed by atoms with van der Waals surface area (Å²) in [6.07, 6.45) is 0. The van der Waals surface area contributed by atoms with Crippen LogP contribution in [0.4, 0.5) is 17.5 Å². The van der Waals surface area contributed by atoms with Crippen molar-refractivity contribution in [1.82, 2.24) is 9.97 Å². The van der Waals surface area contributed by atoms with Gasteiger partial charge in [-0.25, -0.2) is 4.98 Å². The number of rotatable bonds is 2. The molecule has 6 heteroatoms. The lowest BCUT2D eigenvalue weighted by Gasteiger charge is -2.10. The van der Waals surface area contributed by atoms with Gasteiger partial charge in [-0.1, -0.05) is 18.2 Å². The Kier molecular flexibility index (Phi) is 3.09. The van der Waals surface area contributed by atoms with Gasteiger partial charge in [-0.3, -0.25) is 4.79 Å². The Morgan fingerprint density at radius 1 is 1.17 bits per heavy atom. The van der Waals surface area contributed by atoms with Gasteiger partial charge in [0.2, 0.25) is 5.95 Å².